The van der Waals surface area contributed by atoms with Gasteiger partial charge in [0.15, 0.2) is 0 Å². The lowest BCUT2D eigenvalue weighted by atomic mass is 10.2. The van der Waals surface area contributed by atoms with Gasteiger partial charge in [-0.05, 0) is 18.2 Å². The van der Waals surface area contributed by atoms with Crippen molar-refractivity contribution in [2.75, 3.05) is 38.8 Å². The summed E-state index contributed by atoms with van der Waals surface area (Å²) < 4.78 is 10.0. The fourth-order valence-electron chi connectivity index (χ4n) is 1.35. The summed E-state index contributed by atoms with van der Waals surface area (Å²) in [7, 11) is 1.60. The molecule has 5 heteroatoms. The molecule has 1 rings (SSSR count). The number of nitrogens with zero attached hydrogens (tertiary/aromatic N) is 1. The Morgan fingerprint density at radius 2 is 2.28 bits per heavy atom. The van der Waals surface area contributed by atoms with Gasteiger partial charge in [-0.25, -0.2) is 0 Å². The van der Waals surface area contributed by atoms with Crippen LogP contribution in [0.5, 0.6) is 0 Å². The van der Waals surface area contributed by atoms with Gasteiger partial charge < -0.3 is 19.9 Å². The Labute approximate surface area is 107 Å². The van der Waals surface area contributed by atoms with E-state index in [1.807, 2.05) is 6.07 Å². The fraction of sp³-hybridized carbons (Fsp3) is 0.462. The summed E-state index contributed by atoms with van der Waals surface area (Å²) in [6.45, 7) is 1.62. The van der Waals surface area contributed by atoms with Gasteiger partial charge in [0.1, 0.15) is 0 Å². The molecule has 1 atom stereocenters. The van der Waals surface area contributed by atoms with Crippen LogP contribution in [0.25, 0.3) is 0 Å². The molecule has 18 heavy (non-hydrogen) atoms. The molecule has 0 fully saturated rings. The molecule has 0 amide bonds. The maximum atomic E-state index is 9.64. The third-order valence-corrected chi connectivity index (χ3v) is 2.28. The molecule has 0 aliphatic rings. The molecule has 0 saturated carbocycles. The molecule has 1 unspecified atom stereocenters. The lowest BCUT2D eigenvalue weighted by Crippen LogP contribution is -2.25. The Morgan fingerprint density at radius 3 is 3.00 bits per heavy atom. The van der Waals surface area contributed by atoms with E-state index in [-0.39, 0.29) is 6.61 Å². The molecule has 98 valence electrons. The highest BCUT2D eigenvalue weighted by atomic mass is 16.5. The number of hydrogen-bond acceptors (Lipinski definition) is 5. The summed E-state index contributed by atoms with van der Waals surface area (Å²) in [4.78, 5) is 0. The van der Waals surface area contributed by atoms with Crippen molar-refractivity contribution in [2.45, 2.75) is 6.10 Å². The van der Waals surface area contributed by atoms with Gasteiger partial charge in [0.25, 0.3) is 0 Å². The third-order valence-electron chi connectivity index (χ3n) is 2.28. The lowest BCUT2D eigenvalue weighted by Gasteiger charge is -2.13. The highest BCUT2D eigenvalue weighted by Crippen LogP contribution is 2.09. The van der Waals surface area contributed by atoms with Gasteiger partial charge in [0, 0.05) is 19.3 Å². The largest absolute Gasteiger partial charge is 0.389 e. The molecule has 0 heterocycles. The van der Waals surface area contributed by atoms with Gasteiger partial charge in [0.2, 0.25) is 0 Å². The average molecular weight is 250 g/mol. The molecule has 0 aromatic heterocycles. The molecule has 0 bridgehead atoms. The Bertz CT molecular complexity index is 390. The average Bonchev–Trinajstić information content (AvgIpc) is 2.41. The zero-order chi connectivity index (χ0) is 13.2. The van der Waals surface area contributed by atoms with Gasteiger partial charge in [0.05, 0.1) is 37.6 Å². The minimum Gasteiger partial charge on any atom is -0.389 e. The second kappa shape index (κ2) is 8.48. The summed E-state index contributed by atoms with van der Waals surface area (Å²) in [5.41, 5.74) is 1.40. The summed E-state index contributed by atoms with van der Waals surface area (Å²) in [6.07, 6.45) is -0.590. The number of ether oxygens (including phenoxy) is 2. The van der Waals surface area contributed by atoms with Crippen LogP contribution >= 0.6 is 0 Å². The number of aliphatic hydroxyl groups excluding tert-OH is 1. The number of hydrogen-bond donors (Lipinski definition) is 2. The summed E-state index contributed by atoms with van der Waals surface area (Å²) in [6, 6.07) is 9.17. The summed E-state index contributed by atoms with van der Waals surface area (Å²) >= 11 is 0. The predicted octanol–water partition coefficient (Wildman–Crippen LogP) is 0.994. The van der Waals surface area contributed by atoms with E-state index in [0.29, 0.717) is 25.3 Å². The second-order valence-corrected chi connectivity index (χ2v) is 3.80. The van der Waals surface area contributed by atoms with Gasteiger partial charge in [-0.2, -0.15) is 5.26 Å². The van der Waals surface area contributed by atoms with Gasteiger partial charge in [-0.15, -0.1) is 0 Å². The van der Waals surface area contributed by atoms with Crippen LogP contribution in [0.1, 0.15) is 5.56 Å². The van der Waals surface area contributed by atoms with Gasteiger partial charge >= 0.3 is 0 Å². The van der Waals surface area contributed by atoms with Crippen LogP contribution < -0.4 is 5.32 Å². The van der Waals surface area contributed by atoms with E-state index in [1.54, 1.807) is 25.3 Å². The quantitative estimate of drug-likeness (QED) is 0.673. The SMILES string of the molecule is COCCOCC(O)CNc1cccc(C#N)c1. The van der Waals surface area contributed by atoms with Crippen LogP contribution in [0.3, 0.4) is 0 Å². The van der Waals surface area contributed by atoms with E-state index in [1.165, 1.54) is 0 Å². The normalized spacial score (nSPS) is 11.8. The molecule has 0 aliphatic heterocycles. The maximum absolute atomic E-state index is 9.64. The monoisotopic (exact) mass is 250 g/mol. The zero-order valence-corrected chi connectivity index (χ0v) is 10.4. The number of methoxy groups -OCH3 is 1. The third kappa shape index (κ3) is 5.64. The van der Waals surface area contributed by atoms with Crippen molar-refractivity contribution in [1.29, 1.82) is 5.26 Å². The Hall–Kier alpha value is -1.61. The fourth-order valence-corrected chi connectivity index (χ4v) is 1.35. The lowest BCUT2D eigenvalue weighted by molar-refractivity contribution is 0.0182. The van der Waals surface area contributed by atoms with E-state index in [0.717, 1.165) is 5.69 Å². The molecule has 1 aromatic rings. The van der Waals surface area contributed by atoms with E-state index >= 15 is 0 Å². The van der Waals surface area contributed by atoms with Crippen molar-refractivity contribution < 1.29 is 14.6 Å². The van der Waals surface area contributed by atoms with Crippen molar-refractivity contribution >= 4 is 5.69 Å². The van der Waals surface area contributed by atoms with Crippen molar-refractivity contribution in [3.63, 3.8) is 0 Å². The highest BCUT2D eigenvalue weighted by molar-refractivity contribution is 5.49. The van der Waals surface area contributed by atoms with Crippen molar-refractivity contribution in [3.8, 4) is 6.07 Å². The minimum atomic E-state index is -0.590. The number of aliphatic hydroxyl groups is 1. The molecule has 5 nitrogen and oxygen atoms in total. The van der Waals surface area contributed by atoms with Gasteiger partial charge in [-0.3, -0.25) is 0 Å². The van der Waals surface area contributed by atoms with Crippen molar-refractivity contribution in [1.82, 2.24) is 0 Å². The smallest absolute Gasteiger partial charge is 0.0992 e. The van der Waals surface area contributed by atoms with Gasteiger partial charge in [-0.1, -0.05) is 6.07 Å². The van der Waals surface area contributed by atoms with Crippen LogP contribution in [0.4, 0.5) is 5.69 Å². The van der Waals surface area contributed by atoms with E-state index in [9.17, 15) is 5.11 Å². The van der Waals surface area contributed by atoms with E-state index in [2.05, 4.69) is 11.4 Å². The Morgan fingerprint density at radius 1 is 1.44 bits per heavy atom. The Kier molecular flexibility index (Phi) is 6.81. The number of rotatable bonds is 8. The number of nitrogens with one attached hydrogen (secondary N) is 1. The molecule has 1 aromatic carbocycles. The number of nitriles is 1. The van der Waals surface area contributed by atoms with Crippen molar-refractivity contribution in [3.05, 3.63) is 29.8 Å². The van der Waals surface area contributed by atoms with E-state index < -0.39 is 6.10 Å². The highest BCUT2D eigenvalue weighted by Gasteiger charge is 2.04. The summed E-state index contributed by atoms with van der Waals surface area (Å²) in [5.74, 6) is 0. The maximum Gasteiger partial charge on any atom is 0.0992 e. The zero-order valence-electron chi connectivity index (χ0n) is 10.4. The molecular formula is C13H18N2O3. The van der Waals surface area contributed by atoms with E-state index in [4.69, 9.17) is 14.7 Å². The first-order valence-electron chi connectivity index (χ1n) is 5.75. The molecule has 0 aliphatic carbocycles. The number of anilines is 1. The standard InChI is InChI=1S/C13H18N2O3/c1-17-5-6-18-10-13(16)9-15-12-4-2-3-11(7-12)8-14/h2-4,7,13,15-16H,5-6,9-10H2,1H3. The first-order chi connectivity index (χ1) is 8.76. The first-order valence-corrected chi connectivity index (χ1v) is 5.75. The molecular weight excluding hydrogens is 232 g/mol. The topological polar surface area (TPSA) is 74.5 Å². The van der Waals surface area contributed by atoms with Crippen LogP contribution in [-0.2, 0) is 9.47 Å². The molecule has 0 saturated heterocycles. The predicted molar refractivity (Wildman–Crippen MR) is 68.3 cm³/mol. The van der Waals surface area contributed by atoms with Crippen LogP contribution in [0.2, 0.25) is 0 Å². The second-order valence-electron chi connectivity index (χ2n) is 3.80. The Balaban J connectivity index is 2.25. The summed E-state index contributed by atoms with van der Waals surface area (Å²) in [5, 5.41) is 21.4. The molecule has 0 radical (unpaired) electrons. The first kappa shape index (κ1) is 14.5. The van der Waals surface area contributed by atoms with Crippen LogP contribution in [0, 0.1) is 11.3 Å². The molecule has 2 N–H and O–H groups in total. The number of benzene rings is 1. The minimum absolute atomic E-state index is 0.258. The van der Waals surface area contributed by atoms with Crippen LogP contribution in [0.15, 0.2) is 24.3 Å². The van der Waals surface area contributed by atoms with Crippen molar-refractivity contribution in [2.24, 2.45) is 0 Å². The van der Waals surface area contributed by atoms with Crippen LogP contribution in [-0.4, -0.2) is 44.7 Å². The molecule has 0 spiro atoms.